The summed E-state index contributed by atoms with van der Waals surface area (Å²) in [5.41, 5.74) is 2.46. The Kier molecular flexibility index (Phi) is 8.16. The maximum absolute atomic E-state index is 13.5. The summed E-state index contributed by atoms with van der Waals surface area (Å²) in [4.78, 5) is 31.7. The van der Waals surface area contributed by atoms with Crippen molar-refractivity contribution >= 4 is 16.8 Å². The summed E-state index contributed by atoms with van der Waals surface area (Å²) in [6.07, 6.45) is 7.71. The van der Waals surface area contributed by atoms with Gasteiger partial charge in [-0.25, -0.2) is 0 Å². The Morgan fingerprint density at radius 3 is 2.61 bits per heavy atom. The van der Waals surface area contributed by atoms with Gasteiger partial charge in [0, 0.05) is 30.1 Å². The molecule has 0 aliphatic heterocycles. The Balaban J connectivity index is 2.01. The number of nitrogens with one attached hydrogen (secondary N) is 1. The van der Waals surface area contributed by atoms with Crippen LogP contribution >= 0.6 is 0 Å². The van der Waals surface area contributed by atoms with Crippen LogP contribution in [0.15, 0.2) is 23.0 Å². The van der Waals surface area contributed by atoms with Crippen molar-refractivity contribution in [2.24, 2.45) is 5.92 Å². The molecule has 5 heteroatoms. The molecule has 1 aliphatic carbocycles. The van der Waals surface area contributed by atoms with Crippen LogP contribution < -0.4 is 10.3 Å². The van der Waals surface area contributed by atoms with Crippen molar-refractivity contribution in [1.29, 1.82) is 0 Å². The summed E-state index contributed by atoms with van der Waals surface area (Å²) in [6.45, 7) is 8.11. The molecule has 5 nitrogen and oxygen atoms in total. The Bertz CT molecular complexity index is 942. The second-order valence-electron chi connectivity index (χ2n) is 9.33. The third-order valence-corrected chi connectivity index (χ3v) is 6.57. The first-order valence-corrected chi connectivity index (χ1v) is 11.9. The standard InChI is InChI=1S/C26H38N2O3/c1-5-6-14-28(15-13-18(2)3)24(29)17-22-21-12-11-20(31-4)16-23(21)27-26(30)25(22)19-9-7-8-10-19/h11-12,16,18-19H,5-10,13-15,17H2,1-4H3,(H,27,30). The Hall–Kier alpha value is -2.30. The van der Waals surface area contributed by atoms with Crippen molar-refractivity contribution < 1.29 is 9.53 Å². The monoisotopic (exact) mass is 426 g/mol. The number of aromatic nitrogens is 1. The molecule has 31 heavy (non-hydrogen) atoms. The van der Waals surface area contributed by atoms with Crippen LogP contribution in [0, 0.1) is 5.92 Å². The summed E-state index contributed by atoms with van der Waals surface area (Å²) in [6, 6.07) is 5.77. The van der Waals surface area contributed by atoms with Gasteiger partial charge >= 0.3 is 0 Å². The number of hydrogen-bond donors (Lipinski definition) is 1. The van der Waals surface area contributed by atoms with Crippen LogP contribution in [-0.4, -0.2) is 36.0 Å². The van der Waals surface area contributed by atoms with Crippen molar-refractivity contribution in [3.05, 3.63) is 39.7 Å². The molecular formula is C26H38N2O3. The molecule has 1 fully saturated rings. The van der Waals surface area contributed by atoms with Crippen LogP contribution in [0.2, 0.25) is 0 Å². The van der Waals surface area contributed by atoms with Gasteiger partial charge in [0.15, 0.2) is 0 Å². The zero-order chi connectivity index (χ0) is 22.4. The van der Waals surface area contributed by atoms with Crippen LogP contribution in [0.3, 0.4) is 0 Å². The van der Waals surface area contributed by atoms with Crippen molar-refractivity contribution in [2.45, 2.75) is 78.1 Å². The van der Waals surface area contributed by atoms with Crippen molar-refractivity contribution in [2.75, 3.05) is 20.2 Å². The number of methoxy groups -OCH3 is 1. The zero-order valence-corrected chi connectivity index (χ0v) is 19.6. The van der Waals surface area contributed by atoms with E-state index in [0.717, 1.165) is 80.1 Å². The predicted octanol–water partition coefficient (Wildman–Crippen LogP) is 5.41. The molecule has 1 aromatic heterocycles. The smallest absolute Gasteiger partial charge is 0.252 e. The number of carbonyl (C=O) groups excluding carboxylic acids is 1. The van der Waals surface area contributed by atoms with Gasteiger partial charge in [0.1, 0.15) is 5.75 Å². The number of hydrogen-bond acceptors (Lipinski definition) is 3. The fraction of sp³-hybridized carbons (Fsp3) is 0.615. The van der Waals surface area contributed by atoms with Gasteiger partial charge in [-0.2, -0.15) is 0 Å². The van der Waals surface area contributed by atoms with E-state index in [4.69, 9.17) is 4.74 Å². The van der Waals surface area contributed by atoms with Gasteiger partial charge in [-0.05, 0) is 55.2 Å². The Morgan fingerprint density at radius 1 is 1.23 bits per heavy atom. The lowest BCUT2D eigenvalue weighted by molar-refractivity contribution is -0.130. The summed E-state index contributed by atoms with van der Waals surface area (Å²) < 4.78 is 5.35. The lowest BCUT2D eigenvalue weighted by Gasteiger charge is -2.25. The van der Waals surface area contributed by atoms with Crippen LogP contribution in [0.1, 0.15) is 82.8 Å². The topological polar surface area (TPSA) is 62.4 Å². The predicted molar refractivity (Wildman–Crippen MR) is 127 cm³/mol. The van der Waals surface area contributed by atoms with Gasteiger partial charge in [0.25, 0.3) is 5.56 Å². The number of amides is 1. The fourth-order valence-corrected chi connectivity index (χ4v) is 4.71. The number of carbonyl (C=O) groups is 1. The summed E-state index contributed by atoms with van der Waals surface area (Å²) in [7, 11) is 1.62. The second-order valence-corrected chi connectivity index (χ2v) is 9.33. The number of H-pyrrole nitrogens is 1. The number of nitrogens with zero attached hydrogens (tertiary/aromatic N) is 1. The largest absolute Gasteiger partial charge is 0.497 e. The van der Waals surface area contributed by atoms with Crippen LogP contribution in [0.5, 0.6) is 5.75 Å². The van der Waals surface area contributed by atoms with E-state index in [2.05, 4.69) is 25.8 Å². The summed E-state index contributed by atoms with van der Waals surface area (Å²) in [5, 5.41) is 0.968. The van der Waals surface area contributed by atoms with E-state index in [0.29, 0.717) is 18.1 Å². The van der Waals surface area contributed by atoms with Crippen molar-refractivity contribution in [3.8, 4) is 5.75 Å². The molecule has 1 heterocycles. The molecule has 0 unspecified atom stereocenters. The van der Waals surface area contributed by atoms with E-state index >= 15 is 0 Å². The van der Waals surface area contributed by atoms with E-state index in [1.807, 2.05) is 23.1 Å². The summed E-state index contributed by atoms with van der Waals surface area (Å²) in [5.74, 6) is 1.64. The van der Waals surface area contributed by atoms with E-state index in [9.17, 15) is 9.59 Å². The lowest BCUT2D eigenvalue weighted by Crippen LogP contribution is -2.35. The number of aromatic amines is 1. The van der Waals surface area contributed by atoms with E-state index in [1.165, 1.54) is 0 Å². The van der Waals surface area contributed by atoms with Crippen LogP contribution in [0.4, 0.5) is 0 Å². The summed E-state index contributed by atoms with van der Waals surface area (Å²) >= 11 is 0. The van der Waals surface area contributed by atoms with Gasteiger partial charge in [-0.1, -0.05) is 40.0 Å². The van der Waals surface area contributed by atoms with Gasteiger partial charge in [-0.15, -0.1) is 0 Å². The number of unbranched alkanes of at least 4 members (excludes halogenated alkanes) is 1. The minimum absolute atomic E-state index is 0.0438. The van der Waals surface area contributed by atoms with Gasteiger partial charge in [0.2, 0.25) is 5.91 Å². The molecule has 2 aromatic rings. The Morgan fingerprint density at radius 2 is 1.97 bits per heavy atom. The zero-order valence-electron chi connectivity index (χ0n) is 19.6. The molecule has 1 saturated carbocycles. The first-order chi connectivity index (χ1) is 14.9. The SMILES string of the molecule is CCCCN(CCC(C)C)C(=O)Cc1c(C2CCCC2)c(=O)[nH]c2cc(OC)ccc12. The molecule has 0 atom stereocenters. The van der Waals surface area contributed by atoms with Gasteiger partial charge in [-0.3, -0.25) is 9.59 Å². The highest BCUT2D eigenvalue weighted by Gasteiger charge is 2.27. The second kappa shape index (κ2) is 10.8. The number of rotatable bonds is 10. The average Bonchev–Trinajstić information content (AvgIpc) is 3.27. The molecule has 1 N–H and O–H groups in total. The van der Waals surface area contributed by atoms with Gasteiger partial charge < -0.3 is 14.6 Å². The Labute approximate surface area is 186 Å². The first-order valence-electron chi connectivity index (χ1n) is 11.9. The molecule has 1 aliphatic rings. The third-order valence-electron chi connectivity index (χ3n) is 6.57. The maximum atomic E-state index is 13.5. The fourth-order valence-electron chi connectivity index (χ4n) is 4.71. The highest BCUT2D eigenvalue weighted by Crippen LogP contribution is 2.36. The number of benzene rings is 1. The average molecular weight is 427 g/mol. The number of fused-ring (bicyclic) bond motifs is 1. The molecule has 0 saturated heterocycles. The molecule has 1 amide bonds. The first kappa shape index (κ1) is 23.4. The minimum Gasteiger partial charge on any atom is -0.497 e. The maximum Gasteiger partial charge on any atom is 0.252 e. The molecule has 170 valence electrons. The number of pyridine rings is 1. The van der Waals surface area contributed by atoms with E-state index < -0.39 is 0 Å². The highest BCUT2D eigenvalue weighted by molar-refractivity contribution is 5.90. The molecule has 3 rings (SSSR count). The van der Waals surface area contributed by atoms with E-state index in [-0.39, 0.29) is 17.4 Å². The van der Waals surface area contributed by atoms with Gasteiger partial charge in [0.05, 0.1) is 19.0 Å². The van der Waals surface area contributed by atoms with Crippen molar-refractivity contribution in [1.82, 2.24) is 9.88 Å². The normalized spacial score (nSPS) is 14.5. The molecule has 0 bridgehead atoms. The molecule has 1 aromatic carbocycles. The number of ether oxygens (including phenoxy) is 1. The van der Waals surface area contributed by atoms with E-state index in [1.54, 1.807) is 7.11 Å². The molecular weight excluding hydrogens is 388 g/mol. The van der Waals surface area contributed by atoms with Crippen molar-refractivity contribution in [3.63, 3.8) is 0 Å². The highest BCUT2D eigenvalue weighted by atomic mass is 16.5. The molecule has 0 radical (unpaired) electrons. The minimum atomic E-state index is -0.0438. The quantitative estimate of drug-likeness (QED) is 0.552. The lowest BCUT2D eigenvalue weighted by atomic mass is 9.89. The van der Waals surface area contributed by atoms with Crippen LogP contribution in [-0.2, 0) is 11.2 Å². The van der Waals surface area contributed by atoms with Crippen LogP contribution in [0.25, 0.3) is 10.9 Å². The molecule has 0 spiro atoms. The third kappa shape index (κ3) is 5.69.